The number of hydrogen-bond acceptors (Lipinski definition) is 8. The highest BCUT2D eigenvalue weighted by atomic mass is 35.5. The molecule has 0 radical (unpaired) electrons. The first kappa shape index (κ1) is 26.2. The van der Waals surface area contributed by atoms with E-state index in [-0.39, 0.29) is 24.0 Å². The molecule has 3 N–H and O–H groups in total. The molecule has 41 heavy (non-hydrogen) atoms. The van der Waals surface area contributed by atoms with Crippen LogP contribution in [0, 0.1) is 0 Å². The number of carbonyl (C=O) groups excluding carboxylic acids is 1. The molecule has 0 aliphatic carbocycles. The number of aromatic nitrogens is 6. The van der Waals surface area contributed by atoms with Crippen LogP contribution in [0.2, 0.25) is 10.0 Å². The fraction of sp³-hybridized carbons (Fsp3) is 0.0714. The van der Waals surface area contributed by atoms with Gasteiger partial charge in [-0.1, -0.05) is 71.7 Å². The predicted molar refractivity (Wildman–Crippen MR) is 156 cm³/mol. The zero-order valence-corrected chi connectivity index (χ0v) is 22.8. The van der Waals surface area contributed by atoms with Gasteiger partial charge in [-0.05, 0) is 40.1 Å². The quantitative estimate of drug-likeness (QED) is 0.188. The predicted octanol–water partition coefficient (Wildman–Crippen LogP) is 5.04. The van der Waals surface area contributed by atoms with Gasteiger partial charge in [0.2, 0.25) is 0 Å². The van der Waals surface area contributed by atoms with Crippen LogP contribution in [-0.4, -0.2) is 41.8 Å². The number of nitrogens with two attached hydrogens (primary N) is 1. The number of nitrogens with zero attached hydrogens (tertiary/aromatic N) is 7. The number of nitrogens with one attached hydrogen (secondary N) is 1. The van der Waals surface area contributed by atoms with Gasteiger partial charge in [0.25, 0.3) is 5.91 Å². The first-order valence-electron chi connectivity index (χ1n) is 12.4. The van der Waals surface area contributed by atoms with Gasteiger partial charge in [0, 0.05) is 27.4 Å². The average molecular weight is 586 g/mol. The standard InChI is InChI=1S/C28H21Cl2N9O2/c29-20-11-10-18(21(30)12-20)14-38-15-19(25(35-38)17-6-2-1-3-7-17)13-32-34-24(40)16-39-23-9-5-4-8-22(23)33-28(39)26-27(31)37-41-36-26/h1-13,15H,14,16H2,(H2,31,37)(H,34,40)/b32-13-. The molecular formula is C28H21Cl2N9O2. The SMILES string of the molecule is Nc1nonc1-c1nc2ccccc2n1CC(=O)N/N=C\c1cn(Cc2ccc(Cl)cc2Cl)nc1-c1ccccc1. The molecule has 3 aromatic heterocycles. The Bertz CT molecular complexity index is 1890. The molecule has 0 aliphatic heterocycles. The molecule has 0 saturated carbocycles. The van der Waals surface area contributed by atoms with Gasteiger partial charge in [-0.15, -0.1) is 0 Å². The van der Waals surface area contributed by atoms with Crippen LogP contribution in [0.25, 0.3) is 33.8 Å². The Kier molecular flexibility index (Phi) is 7.19. The molecule has 6 aromatic rings. The van der Waals surface area contributed by atoms with Crippen molar-refractivity contribution in [3.05, 3.63) is 100 Å². The van der Waals surface area contributed by atoms with E-state index in [0.29, 0.717) is 39.2 Å². The molecule has 0 saturated heterocycles. The minimum absolute atomic E-state index is 0.0744. The minimum Gasteiger partial charge on any atom is -0.379 e. The third kappa shape index (κ3) is 5.53. The number of para-hydroxylation sites is 2. The molecule has 0 unspecified atom stereocenters. The van der Waals surface area contributed by atoms with E-state index in [2.05, 4.69) is 25.8 Å². The molecule has 204 valence electrons. The molecule has 0 atom stereocenters. The number of imidazole rings is 1. The molecule has 3 heterocycles. The molecule has 11 nitrogen and oxygen atoms in total. The van der Waals surface area contributed by atoms with Crippen molar-refractivity contribution in [2.45, 2.75) is 13.1 Å². The third-order valence-corrected chi connectivity index (χ3v) is 6.85. The second-order valence-corrected chi connectivity index (χ2v) is 9.88. The van der Waals surface area contributed by atoms with Crippen molar-refractivity contribution in [2.24, 2.45) is 5.10 Å². The highest BCUT2D eigenvalue weighted by Crippen LogP contribution is 2.27. The number of rotatable bonds is 8. The van der Waals surface area contributed by atoms with Crippen LogP contribution in [-0.2, 0) is 17.9 Å². The Morgan fingerprint density at radius 2 is 1.83 bits per heavy atom. The van der Waals surface area contributed by atoms with Crippen LogP contribution in [0.5, 0.6) is 0 Å². The molecule has 0 aliphatic rings. The Labute approximate surface area is 243 Å². The number of amides is 1. The van der Waals surface area contributed by atoms with Crippen LogP contribution in [0.3, 0.4) is 0 Å². The number of hydrogen-bond donors (Lipinski definition) is 2. The Morgan fingerprint density at radius 1 is 1.02 bits per heavy atom. The van der Waals surface area contributed by atoms with Crippen molar-refractivity contribution in [2.75, 3.05) is 5.73 Å². The zero-order valence-electron chi connectivity index (χ0n) is 21.3. The largest absolute Gasteiger partial charge is 0.379 e. The van der Waals surface area contributed by atoms with Crippen molar-refractivity contribution in [3.8, 4) is 22.8 Å². The summed E-state index contributed by atoms with van der Waals surface area (Å²) in [4.78, 5) is 17.6. The van der Waals surface area contributed by atoms with Crippen molar-refractivity contribution in [1.82, 2.24) is 35.1 Å². The number of nitrogen functional groups attached to an aromatic ring is 1. The summed E-state index contributed by atoms with van der Waals surface area (Å²) in [5, 5.41) is 17.6. The van der Waals surface area contributed by atoms with E-state index in [1.165, 1.54) is 0 Å². The topological polar surface area (TPSA) is 142 Å². The van der Waals surface area contributed by atoms with Gasteiger partial charge >= 0.3 is 0 Å². The summed E-state index contributed by atoms with van der Waals surface area (Å²) in [6.07, 6.45) is 3.39. The first-order chi connectivity index (χ1) is 20.0. The van der Waals surface area contributed by atoms with Crippen LogP contribution in [0.1, 0.15) is 11.1 Å². The van der Waals surface area contributed by atoms with Crippen LogP contribution in [0.15, 0.2) is 88.7 Å². The normalized spacial score (nSPS) is 11.5. The lowest BCUT2D eigenvalue weighted by Crippen LogP contribution is -2.23. The van der Waals surface area contributed by atoms with Crippen molar-refractivity contribution in [1.29, 1.82) is 0 Å². The number of benzene rings is 3. The van der Waals surface area contributed by atoms with Crippen LogP contribution in [0.4, 0.5) is 5.82 Å². The lowest BCUT2D eigenvalue weighted by Gasteiger charge is -2.06. The van der Waals surface area contributed by atoms with Crippen LogP contribution >= 0.6 is 23.2 Å². The lowest BCUT2D eigenvalue weighted by atomic mass is 10.1. The first-order valence-corrected chi connectivity index (χ1v) is 13.1. The molecule has 6 rings (SSSR count). The minimum atomic E-state index is -0.387. The summed E-state index contributed by atoms with van der Waals surface area (Å²) in [5.41, 5.74) is 13.3. The highest BCUT2D eigenvalue weighted by molar-refractivity contribution is 6.35. The second-order valence-electron chi connectivity index (χ2n) is 9.03. The number of fused-ring (bicyclic) bond motifs is 1. The Hall–Kier alpha value is -5.00. The maximum atomic E-state index is 13.0. The Balaban J connectivity index is 1.25. The van der Waals surface area contributed by atoms with Gasteiger partial charge in [-0.2, -0.15) is 10.2 Å². The summed E-state index contributed by atoms with van der Waals surface area (Å²) in [7, 11) is 0. The van der Waals surface area contributed by atoms with Gasteiger partial charge in [0.05, 0.1) is 23.8 Å². The molecule has 0 spiro atoms. The van der Waals surface area contributed by atoms with Gasteiger partial charge in [-0.25, -0.2) is 15.0 Å². The van der Waals surface area contributed by atoms with E-state index < -0.39 is 0 Å². The van der Waals surface area contributed by atoms with E-state index in [1.54, 1.807) is 27.6 Å². The Morgan fingerprint density at radius 3 is 2.61 bits per heavy atom. The maximum absolute atomic E-state index is 13.0. The summed E-state index contributed by atoms with van der Waals surface area (Å²) >= 11 is 12.4. The summed E-state index contributed by atoms with van der Waals surface area (Å²) < 4.78 is 8.19. The van der Waals surface area contributed by atoms with Crippen molar-refractivity contribution >= 4 is 52.2 Å². The molecule has 1 amide bonds. The van der Waals surface area contributed by atoms with E-state index in [0.717, 1.165) is 16.6 Å². The summed E-state index contributed by atoms with van der Waals surface area (Å²) in [5.74, 6) is 0.0465. The number of carbonyl (C=O) groups is 1. The number of hydrazone groups is 1. The van der Waals surface area contributed by atoms with E-state index in [9.17, 15) is 4.79 Å². The fourth-order valence-corrected chi connectivity index (χ4v) is 4.85. The average Bonchev–Trinajstić information content (AvgIpc) is 3.68. The lowest BCUT2D eigenvalue weighted by molar-refractivity contribution is -0.121. The highest BCUT2D eigenvalue weighted by Gasteiger charge is 2.20. The van der Waals surface area contributed by atoms with Gasteiger partial charge < -0.3 is 10.3 Å². The van der Waals surface area contributed by atoms with Gasteiger partial charge in [-0.3, -0.25) is 9.48 Å². The molecule has 13 heteroatoms. The molecule has 0 fully saturated rings. The summed E-state index contributed by atoms with van der Waals surface area (Å²) in [6, 6.07) is 22.4. The molecular weight excluding hydrogens is 565 g/mol. The van der Waals surface area contributed by atoms with Crippen LogP contribution < -0.4 is 11.2 Å². The molecule has 0 bridgehead atoms. The van der Waals surface area contributed by atoms with E-state index >= 15 is 0 Å². The molecule has 3 aromatic carbocycles. The number of halogens is 2. The number of anilines is 1. The van der Waals surface area contributed by atoms with Crippen molar-refractivity contribution < 1.29 is 9.42 Å². The summed E-state index contributed by atoms with van der Waals surface area (Å²) in [6.45, 7) is 0.325. The van der Waals surface area contributed by atoms with E-state index in [1.807, 2.05) is 66.9 Å². The van der Waals surface area contributed by atoms with E-state index in [4.69, 9.17) is 38.7 Å². The smallest absolute Gasteiger partial charge is 0.260 e. The fourth-order valence-electron chi connectivity index (χ4n) is 4.38. The second kappa shape index (κ2) is 11.2. The van der Waals surface area contributed by atoms with Gasteiger partial charge in [0.1, 0.15) is 12.2 Å². The van der Waals surface area contributed by atoms with Crippen molar-refractivity contribution in [3.63, 3.8) is 0 Å². The third-order valence-electron chi connectivity index (χ3n) is 6.26. The monoisotopic (exact) mass is 585 g/mol. The zero-order chi connectivity index (χ0) is 28.3. The maximum Gasteiger partial charge on any atom is 0.260 e. The van der Waals surface area contributed by atoms with Gasteiger partial charge in [0.15, 0.2) is 17.3 Å².